The first-order valence-corrected chi connectivity index (χ1v) is 6.74. The predicted octanol–water partition coefficient (Wildman–Crippen LogP) is 5.10. The van der Waals surface area contributed by atoms with Crippen molar-refractivity contribution >= 4 is 40.3 Å². The molecule has 8 heteroatoms. The van der Waals surface area contributed by atoms with Gasteiger partial charge in [0, 0.05) is 4.90 Å². The Hall–Kier alpha value is -0.890. The number of halogens is 4. The molecule has 0 aromatic heterocycles. The van der Waals surface area contributed by atoms with Gasteiger partial charge in [-0.3, -0.25) is 5.32 Å². The van der Waals surface area contributed by atoms with E-state index in [-0.39, 0.29) is 15.1 Å². The average Bonchev–Trinajstić information content (AvgIpc) is 2.17. The van der Waals surface area contributed by atoms with Crippen LogP contribution >= 0.6 is 28.6 Å². The summed E-state index contributed by atoms with van der Waals surface area (Å²) >= 11 is 6.61. The van der Waals surface area contributed by atoms with Gasteiger partial charge in [-0.25, -0.2) is 4.79 Å². The largest absolute Gasteiger partial charge is 0.444 e. The van der Waals surface area contributed by atoms with Crippen LogP contribution in [-0.2, 0) is 10.9 Å². The molecule has 0 radical (unpaired) electrons. The Labute approximate surface area is 128 Å². The molecule has 0 fully saturated rings. The van der Waals surface area contributed by atoms with Crippen LogP contribution in [-0.4, -0.2) is 11.7 Å². The number of benzene rings is 1. The van der Waals surface area contributed by atoms with Crippen molar-refractivity contribution in [2.24, 2.45) is 0 Å². The third kappa shape index (κ3) is 4.59. The molecule has 0 bridgehead atoms. The van der Waals surface area contributed by atoms with Crippen LogP contribution in [0.3, 0.4) is 0 Å². The lowest BCUT2D eigenvalue weighted by molar-refractivity contribution is -0.140. The van der Waals surface area contributed by atoms with Crippen molar-refractivity contribution in [2.45, 2.75) is 37.4 Å². The average molecular weight is 372 g/mol. The number of thiol groups is 1. The third-order valence-electron chi connectivity index (χ3n) is 2.04. The zero-order valence-electron chi connectivity index (χ0n) is 10.9. The molecular formula is C12H13BrF3NO2S. The molecule has 0 aliphatic heterocycles. The molecule has 0 heterocycles. The second-order valence-corrected chi connectivity index (χ2v) is 6.22. The first-order valence-electron chi connectivity index (χ1n) is 5.50. The zero-order chi connectivity index (χ0) is 15.7. The highest BCUT2D eigenvalue weighted by molar-refractivity contribution is 9.10. The number of carbonyl (C=O) groups is 1. The molecule has 0 spiro atoms. The fraction of sp³-hybridized carbons (Fsp3) is 0.417. The number of anilines is 1. The molecule has 0 aliphatic carbocycles. The molecule has 0 aliphatic rings. The summed E-state index contributed by atoms with van der Waals surface area (Å²) in [6, 6.07) is 2.47. The monoisotopic (exact) mass is 371 g/mol. The van der Waals surface area contributed by atoms with E-state index in [9.17, 15) is 18.0 Å². The van der Waals surface area contributed by atoms with E-state index in [4.69, 9.17) is 4.74 Å². The van der Waals surface area contributed by atoms with Gasteiger partial charge in [-0.05, 0) is 48.8 Å². The lowest BCUT2D eigenvalue weighted by atomic mass is 10.2. The van der Waals surface area contributed by atoms with E-state index in [1.54, 1.807) is 20.8 Å². The van der Waals surface area contributed by atoms with E-state index in [0.717, 1.165) is 6.07 Å². The van der Waals surface area contributed by atoms with E-state index in [2.05, 4.69) is 33.9 Å². The van der Waals surface area contributed by atoms with Gasteiger partial charge in [-0.2, -0.15) is 13.2 Å². The van der Waals surface area contributed by atoms with Crippen LogP contribution in [0.1, 0.15) is 26.3 Å². The molecule has 112 valence electrons. The molecule has 0 unspecified atom stereocenters. The standard InChI is InChI=1S/C12H13BrF3NO2S/c1-11(2,3)19-10(18)17-6-4-5-7(20)8(9(6)13)12(14,15)16/h4-5,20H,1-3H3,(H,17,18). The van der Waals surface area contributed by atoms with Gasteiger partial charge in [0.15, 0.2) is 0 Å². The van der Waals surface area contributed by atoms with Crippen molar-refractivity contribution in [1.82, 2.24) is 0 Å². The summed E-state index contributed by atoms with van der Waals surface area (Å²) in [5.41, 5.74) is -1.73. The molecule has 1 amide bonds. The number of hydrogen-bond donors (Lipinski definition) is 2. The molecular weight excluding hydrogens is 359 g/mol. The highest BCUT2D eigenvalue weighted by atomic mass is 79.9. The third-order valence-corrected chi connectivity index (χ3v) is 3.24. The summed E-state index contributed by atoms with van der Waals surface area (Å²) in [5.74, 6) is 0. The molecule has 1 aromatic rings. The fourth-order valence-electron chi connectivity index (χ4n) is 1.35. The highest BCUT2D eigenvalue weighted by Gasteiger charge is 2.36. The minimum absolute atomic E-state index is 0.0376. The lowest BCUT2D eigenvalue weighted by Crippen LogP contribution is -2.27. The molecule has 1 aromatic carbocycles. The smallest absolute Gasteiger partial charge is 0.418 e. The van der Waals surface area contributed by atoms with Crippen molar-refractivity contribution < 1.29 is 22.7 Å². The number of alkyl halides is 3. The number of nitrogens with one attached hydrogen (secondary N) is 1. The highest BCUT2D eigenvalue weighted by Crippen LogP contribution is 2.42. The van der Waals surface area contributed by atoms with Gasteiger partial charge >= 0.3 is 12.3 Å². The number of rotatable bonds is 1. The minimum Gasteiger partial charge on any atom is -0.444 e. The summed E-state index contributed by atoms with van der Waals surface area (Å²) in [4.78, 5) is 11.3. The van der Waals surface area contributed by atoms with Crippen LogP contribution in [0.2, 0.25) is 0 Å². The fourth-order valence-corrected chi connectivity index (χ4v) is 2.48. The van der Waals surface area contributed by atoms with Gasteiger partial charge in [0.2, 0.25) is 0 Å². The van der Waals surface area contributed by atoms with E-state index in [1.165, 1.54) is 6.07 Å². The maximum absolute atomic E-state index is 12.9. The van der Waals surface area contributed by atoms with Crippen molar-refractivity contribution in [1.29, 1.82) is 0 Å². The Balaban J connectivity index is 3.07. The van der Waals surface area contributed by atoms with Crippen molar-refractivity contribution in [3.8, 4) is 0 Å². The van der Waals surface area contributed by atoms with Crippen LogP contribution < -0.4 is 5.32 Å². The van der Waals surface area contributed by atoms with Crippen molar-refractivity contribution in [2.75, 3.05) is 5.32 Å². The van der Waals surface area contributed by atoms with Gasteiger partial charge in [-0.1, -0.05) is 0 Å². The van der Waals surface area contributed by atoms with Gasteiger partial charge in [0.25, 0.3) is 0 Å². The van der Waals surface area contributed by atoms with Crippen LogP contribution in [0.25, 0.3) is 0 Å². The molecule has 20 heavy (non-hydrogen) atoms. The Morgan fingerprint density at radius 1 is 1.30 bits per heavy atom. The quantitative estimate of drug-likeness (QED) is 0.673. The van der Waals surface area contributed by atoms with Crippen LogP contribution in [0.4, 0.5) is 23.7 Å². The molecule has 1 N–H and O–H groups in total. The van der Waals surface area contributed by atoms with Crippen molar-refractivity contribution in [3.05, 3.63) is 22.2 Å². The van der Waals surface area contributed by atoms with Crippen LogP contribution in [0.5, 0.6) is 0 Å². The Morgan fingerprint density at radius 2 is 1.85 bits per heavy atom. The first kappa shape index (κ1) is 17.2. The summed E-state index contributed by atoms with van der Waals surface area (Å²) < 4.78 is 43.3. The Kier molecular flexibility index (Phi) is 5.02. The number of amides is 1. The predicted molar refractivity (Wildman–Crippen MR) is 76.3 cm³/mol. The number of carbonyl (C=O) groups excluding carboxylic acids is 1. The number of ether oxygens (including phenoxy) is 1. The summed E-state index contributed by atoms with van der Waals surface area (Å²) in [5, 5.41) is 2.26. The Morgan fingerprint density at radius 3 is 2.30 bits per heavy atom. The van der Waals surface area contributed by atoms with E-state index < -0.39 is 23.4 Å². The second kappa shape index (κ2) is 5.85. The molecule has 1 rings (SSSR count). The molecule has 0 saturated heterocycles. The Bertz CT molecular complexity index is 527. The topological polar surface area (TPSA) is 38.3 Å². The minimum atomic E-state index is -4.58. The van der Waals surface area contributed by atoms with E-state index in [1.807, 2.05) is 0 Å². The number of hydrogen-bond acceptors (Lipinski definition) is 3. The SMILES string of the molecule is CC(C)(C)OC(=O)Nc1ccc(S)c(C(F)(F)F)c1Br. The van der Waals surface area contributed by atoms with Gasteiger partial charge < -0.3 is 4.74 Å². The van der Waals surface area contributed by atoms with Crippen LogP contribution in [0, 0.1) is 0 Å². The molecule has 3 nitrogen and oxygen atoms in total. The zero-order valence-corrected chi connectivity index (χ0v) is 13.4. The van der Waals surface area contributed by atoms with E-state index in [0.29, 0.717) is 0 Å². The second-order valence-electron chi connectivity index (χ2n) is 4.95. The van der Waals surface area contributed by atoms with Gasteiger partial charge in [0.05, 0.1) is 15.7 Å². The maximum atomic E-state index is 12.9. The maximum Gasteiger partial charge on any atom is 0.418 e. The van der Waals surface area contributed by atoms with Crippen molar-refractivity contribution in [3.63, 3.8) is 0 Å². The summed E-state index contributed by atoms with van der Waals surface area (Å²) in [6.07, 6.45) is -5.42. The summed E-state index contributed by atoms with van der Waals surface area (Å²) in [7, 11) is 0. The van der Waals surface area contributed by atoms with Crippen LogP contribution in [0.15, 0.2) is 21.5 Å². The van der Waals surface area contributed by atoms with Gasteiger partial charge in [-0.15, -0.1) is 12.6 Å². The summed E-state index contributed by atoms with van der Waals surface area (Å²) in [6.45, 7) is 4.96. The molecule has 0 atom stereocenters. The first-order chi connectivity index (χ1) is 8.92. The van der Waals surface area contributed by atoms with Gasteiger partial charge in [0.1, 0.15) is 5.60 Å². The lowest BCUT2D eigenvalue weighted by Gasteiger charge is -2.21. The normalized spacial score (nSPS) is 12.2. The van der Waals surface area contributed by atoms with E-state index >= 15 is 0 Å². The molecule has 0 saturated carbocycles.